The van der Waals surface area contributed by atoms with E-state index < -0.39 is 0 Å². The van der Waals surface area contributed by atoms with Crippen LogP contribution in [0.1, 0.15) is 10.4 Å². The first-order chi connectivity index (χ1) is 14.8. The van der Waals surface area contributed by atoms with E-state index in [2.05, 4.69) is 46.7 Å². The number of pyridine rings is 1. The van der Waals surface area contributed by atoms with Crippen molar-refractivity contribution in [3.8, 4) is 0 Å². The molecule has 0 bridgehead atoms. The van der Waals surface area contributed by atoms with E-state index in [4.69, 9.17) is 0 Å². The zero-order chi connectivity index (χ0) is 20.3. The number of nitrogens with one attached hydrogen (secondary N) is 1. The van der Waals surface area contributed by atoms with Gasteiger partial charge in [0.05, 0.1) is 0 Å². The molecule has 4 heteroatoms. The molecule has 1 amide bonds. The van der Waals surface area contributed by atoms with Crippen molar-refractivity contribution in [3.05, 3.63) is 109 Å². The maximum atomic E-state index is 13.1. The zero-order valence-electron chi connectivity index (χ0n) is 16.1. The molecule has 3 nitrogen and oxygen atoms in total. The van der Waals surface area contributed by atoms with E-state index in [-0.39, 0.29) is 20.9 Å². The number of carbonyl (C=O) groups is 1. The van der Waals surface area contributed by atoms with Gasteiger partial charge < -0.3 is 0 Å². The van der Waals surface area contributed by atoms with Crippen LogP contribution in [0.15, 0.2) is 103 Å². The zero-order valence-corrected chi connectivity index (χ0v) is 17.8. The van der Waals surface area contributed by atoms with Gasteiger partial charge in [0, 0.05) is 0 Å². The van der Waals surface area contributed by atoms with Crippen LogP contribution in [0, 0.1) is 0 Å². The topological polar surface area (TPSA) is 42.0 Å². The van der Waals surface area contributed by atoms with Crippen molar-refractivity contribution in [1.82, 2.24) is 4.98 Å². The van der Waals surface area contributed by atoms with Crippen LogP contribution in [0.2, 0.25) is 0 Å². The first-order valence-corrected chi connectivity index (χ1v) is 11.4. The summed E-state index contributed by atoms with van der Waals surface area (Å²) in [6, 6.07) is 32.3. The molecule has 0 spiro atoms. The van der Waals surface area contributed by atoms with Crippen LogP contribution in [-0.4, -0.2) is 25.8 Å². The predicted molar refractivity (Wildman–Crippen MR) is 125 cm³/mol. The van der Waals surface area contributed by atoms with Crippen molar-refractivity contribution < 1.29 is 4.79 Å². The Kier molecular flexibility index (Phi) is 5.02. The molecule has 0 saturated heterocycles. The summed E-state index contributed by atoms with van der Waals surface area (Å²) in [6.45, 7) is 0. The molecule has 144 valence electrons. The molecule has 0 aliphatic rings. The fraction of sp³-hybridized carbons (Fsp3) is 0. The van der Waals surface area contributed by atoms with Crippen LogP contribution in [0.3, 0.4) is 0 Å². The number of fused-ring (bicyclic) bond motifs is 2. The standard InChI is InChI=1S/C26H18N2OSe/c29-26(21-13-6-9-18-8-4-5-12-20(18)21)28-23-15-16-24(22-14-7-17-27-25(22)23)30-19-10-2-1-3-11-19/h1-17H,(H,28,29). The summed E-state index contributed by atoms with van der Waals surface area (Å²) in [7, 11) is 0. The van der Waals surface area contributed by atoms with Gasteiger partial charge in [-0.2, -0.15) is 0 Å². The Hall–Kier alpha value is -3.46. The van der Waals surface area contributed by atoms with Gasteiger partial charge in [0.2, 0.25) is 0 Å². The van der Waals surface area contributed by atoms with Crippen LogP contribution >= 0.6 is 0 Å². The number of benzene rings is 4. The van der Waals surface area contributed by atoms with Gasteiger partial charge in [0.15, 0.2) is 0 Å². The maximum absolute atomic E-state index is 13.1. The molecule has 1 heterocycles. The molecule has 5 aromatic rings. The minimum absolute atomic E-state index is 0.125. The summed E-state index contributed by atoms with van der Waals surface area (Å²) in [6.07, 6.45) is 1.77. The normalized spacial score (nSPS) is 10.9. The van der Waals surface area contributed by atoms with Gasteiger partial charge in [0.1, 0.15) is 0 Å². The summed E-state index contributed by atoms with van der Waals surface area (Å²) >= 11 is 0.167. The van der Waals surface area contributed by atoms with Crippen molar-refractivity contribution in [2.75, 3.05) is 5.32 Å². The molecule has 30 heavy (non-hydrogen) atoms. The predicted octanol–water partition coefficient (Wildman–Crippen LogP) is 4.30. The summed E-state index contributed by atoms with van der Waals surface area (Å²) in [5, 5.41) is 6.16. The third kappa shape index (κ3) is 3.59. The Labute approximate surface area is 180 Å². The number of anilines is 1. The van der Waals surface area contributed by atoms with Crippen molar-refractivity contribution in [2.45, 2.75) is 0 Å². The van der Waals surface area contributed by atoms with Crippen molar-refractivity contribution in [3.63, 3.8) is 0 Å². The molecule has 0 unspecified atom stereocenters. The van der Waals surface area contributed by atoms with E-state index >= 15 is 0 Å². The molecule has 0 fully saturated rings. The summed E-state index contributed by atoms with van der Waals surface area (Å²) in [5.41, 5.74) is 2.22. The molecule has 0 radical (unpaired) electrons. The second-order valence-corrected chi connectivity index (χ2v) is 9.25. The Balaban J connectivity index is 1.52. The summed E-state index contributed by atoms with van der Waals surface area (Å²) in [4.78, 5) is 17.7. The van der Waals surface area contributed by atoms with Crippen molar-refractivity contribution >= 4 is 57.2 Å². The van der Waals surface area contributed by atoms with E-state index in [1.165, 1.54) is 8.92 Å². The fourth-order valence-corrected chi connectivity index (χ4v) is 5.57. The van der Waals surface area contributed by atoms with E-state index in [9.17, 15) is 4.79 Å². The number of hydrogen-bond donors (Lipinski definition) is 1. The summed E-state index contributed by atoms with van der Waals surface area (Å²) < 4.78 is 2.56. The van der Waals surface area contributed by atoms with Crippen molar-refractivity contribution in [2.24, 2.45) is 0 Å². The monoisotopic (exact) mass is 454 g/mol. The molecule has 0 aliphatic heterocycles. The van der Waals surface area contributed by atoms with Crippen LogP contribution < -0.4 is 14.2 Å². The van der Waals surface area contributed by atoms with Gasteiger partial charge in [-0.05, 0) is 0 Å². The average molecular weight is 453 g/mol. The Morgan fingerprint density at radius 2 is 1.50 bits per heavy atom. The number of rotatable bonds is 4. The van der Waals surface area contributed by atoms with E-state index in [0.717, 1.165) is 27.4 Å². The van der Waals surface area contributed by atoms with Crippen LogP contribution in [0.25, 0.3) is 21.7 Å². The van der Waals surface area contributed by atoms with Crippen molar-refractivity contribution in [1.29, 1.82) is 0 Å². The molecule has 1 aromatic heterocycles. The molecule has 0 saturated carbocycles. The first-order valence-electron chi connectivity index (χ1n) is 9.69. The number of nitrogens with zero attached hydrogens (tertiary/aromatic N) is 1. The Morgan fingerprint density at radius 3 is 2.40 bits per heavy atom. The van der Waals surface area contributed by atoms with Gasteiger partial charge >= 0.3 is 181 Å². The quantitative estimate of drug-likeness (QED) is 0.413. The van der Waals surface area contributed by atoms with Gasteiger partial charge in [-0.1, -0.05) is 0 Å². The van der Waals surface area contributed by atoms with E-state index in [1.807, 2.05) is 60.7 Å². The van der Waals surface area contributed by atoms with Gasteiger partial charge in [-0.3, -0.25) is 0 Å². The SMILES string of the molecule is O=C(Nc1ccc([Se]c2ccccc2)c2cccnc12)c1cccc2ccccc12. The van der Waals surface area contributed by atoms with Gasteiger partial charge in [-0.25, -0.2) is 0 Å². The molecular weight excluding hydrogens is 435 g/mol. The number of aromatic nitrogens is 1. The fourth-order valence-electron chi connectivity index (χ4n) is 3.56. The number of carbonyl (C=O) groups excluding carboxylic acids is 1. The minimum atomic E-state index is -0.125. The molecule has 0 aliphatic carbocycles. The third-order valence-corrected chi connectivity index (χ3v) is 7.26. The summed E-state index contributed by atoms with van der Waals surface area (Å²) in [5.74, 6) is -0.125. The average Bonchev–Trinajstić information content (AvgIpc) is 2.81. The van der Waals surface area contributed by atoms with Crippen LogP contribution in [0.5, 0.6) is 0 Å². The van der Waals surface area contributed by atoms with Crippen LogP contribution in [0.4, 0.5) is 5.69 Å². The van der Waals surface area contributed by atoms with Gasteiger partial charge in [-0.15, -0.1) is 0 Å². The van der Waals surface area contributed by atoms with Gasteiger partial charge in [0.25, 0.3) is 0 Å². The van der Waals surface area contributed by atoms with Crippen LogP contribution in [-0.2, 0) is 0 Å². The van der Waals surface area contributed by atoms with E-state index in [0.29, 0.717) is 5.56 Å². The first kappa shape index (κ1) is 18.6. The second kappa shape index (κ2) is 8.11. The second-order valence-electron chi connectivity index (χ2n) is 6.91. The third-order valence-electron chi connectivity index (χ3n) is 4.98. The Morgan fingerprint density at radius 1 is 0.733 bits per heavy atom. The Bertz CT molecular complexity index is 1360. The molecular formula is C26H18N2OSe. The molecule has 4 aromatic carbocycles. The number of hydrogen-bond acceptors (Lipinski definition) is 2. The molecule has 1 N–H and O–H groups in total. The molecule has 5 rings (SSSR count). The van der Waals surface area contributed by atoms with E-state index in [1.54, 1.807) is 6.20 Å². The molecule has 0 atom stereocenters. The number of amides is 1.